The summed E-state index contributed by atoms with van der Waals surface area (Å²) in [5, 5.41) is 0. The van der Waals surface area contributed by atoms with E-state index in [0.29, 0.717) is 12.5 Å². The van der Waals surface area contributed by atoms with E-state index in [1.165, 1.54) is 25.2 Å². The van der Waals surface area contributed by atoms with Gasteiger partial charge in [0.05, 0.1) is 12.5 Å². The van der Waals surface area contributed by atoms with Gasteiger partial charge in [0.1, 0.15) is 0 Å². The third-order valence-electron chi connectivity index (χ3n) is 3.10. The molecule has 1 aliphatic carbocycles. The van der Waals surface area contributed by atoms with E-state index in [1.54, 1.807) is 0 Å². The summed E-state index contributed by atoms with van der Waals surface area (Å²) in [6, 6.07) is 0. The van der Waals surface area contributed by atoms with Crippen LogP contribution in [0, 0.1) is 17.8 Å². The lowest BCUT2D eigenvalue weighted by Gasteiger charge is -2.28. The van der Waals surface area contributed by atoms with Crippen LogP contribution in [-0.2, 0) is 9.53 Å². The molecular formula is C13H23O2. The summed E-state index contributed by atoms with van der Waals surface area (Å²) in [5.74, 6) is 2.38. The summed E-state index contributed by atoms with van der Waals surface area (Å²) in [5.41, 5.74) is 0. The molecule has 2 unspecified atom stereocenters. The first-order valence-electron chi connectivity index (χ1n) is 6.09. The van der Waals surface area contributed by atoms with E-state index >= 15 is 0 Å². The highest BCUT2D eigenvalue weighted by atomic mass is 16.5. The van der Waals surface area contributed by atoms with Crippen LogP contribution in [0.15, 0.2) is 0 Å². The summed E-state index contributed by atoms with van der Waals surface area (Å²) in [7, 11) is 0. The normalized spacial score (nSPS) is 26.7. The highest BCUT2D eigenvalue weighted by Gasteiger charge is 2.28. The number of ether oxygens (including phenoxy) is 1. The van der Waals surface area contributed by atoms with Gasteiger partial charge in [0.25, 0.3) is 0 Å². The number of esters is 1. The maximum Gasteiger partial charge on any atom is 0.308 e. The lowest BCUT2D eigenvalue weighted by molar-refractivity contribution is -0.149. The number of hydrogen-bond acceptors (Lipinski definition) is 2. The summed E-state index contributed by atoms with van der Waals surface area (Å²) >= 11 is 0. The average Bonchev–Trinajstić information content (AvgIpc) is 2.17. The second-order valence-corrected chi connectivity index (χ2v) is 4.89. The molecule has 0 bridgehead atoms. The van der Waals surface area contributed by atoms with E-state index in [2.05, 4.69) is 13.8 Å². The van der Waals surface area contributed by atoms with Gasteiger partial charge in [-0.3, -0.25) is 4.79 Å². The van der Waals surface area contributed by atoms with Gasteiger partial charge >= 0.3 is 5.97 Å². The Hall–Kier alpha value is -0.530. The Labute approximate surface area is 93.4 Å². The minimum absolute atomic E-state index is 0.0240. The van der Waals surface area contributed by atoms with E-state index < -0.39 is 0 Å². The van der Waals surface area contributed by atoms with Crippen LogP contribution in [0.3, 0.4) is 0 Å². The minimum atomic E-state index is 0.0240. The average molecular weight is 211 g/mol. The van der Waals surface area contributed by atoms with Crippen LogP contribution in [0.25, 0.3) is 0 Å². The van der Waals surface area contributed by atoms with Crippen molar-refractivity contribution in [3.63, 3.8) is 0 Å². The van der Waals surface area contributed by atoms with Crippen LogP contribution < -0.4 is 0 Å². The minimum Gasteiger partial charge on any atom is -0.466 e. The monoisotopic (exact) mass is 211 g/mol. The first-order valence-corrected chi connectivity index (χ1v) is 6.09. The van der Waals surface area contributed by atoms with Crippen LogP contribution in [0.4, 0.5) is 0 Å². The molecule has 15 heavy (non-hydrogen) atoms. The van der Waals surface area contributed by atoms with Gasteiger partial charge < -0.3 is 4.74 Å². The van der Waals surface area contributed by atoms with Crippen molar-refractivity contribution < 1.29 is 9.53 Å². The number of hydrogen-bond donors (Lipinski definition) is 0. The molecule has 0 aromatic carbocycles. The maximum absolute atomic E-state index is 11.6. The van der Waals surface area contributed by atoms with E-state index in [-0.39, 0.29) is 11.9 Å². The fourth-order valence-corrected chi connectivity index (χ4v) is 2.53. The third kappa shape index (κ3) is 4.23. The zero-order chi connectivity index (χ0) is 11.3. The molecule has 0 amide bonds. The Balaban J connectivity index is 2.38. The molecule has 0 heterocycles. The van der Waals surface area contributed by atoms with Gasteiger partial charge in [0, 0.05) is 0 Å². The van der Waals surface area contributed by atoms with Crippen molar-refractivity contribution in [1.29, 1.82) is 0 Å². The van der Waals surface area contributed by atoms with E-state index in [0.717, 1.165) is 12.8 Å². The molecule has 0 saturated heterocycles. The largest absolute Gasteiger partial charge is 0.466 e. The molecule has 1 radical (unpaired) electrons. The standard InChI is InChI=1S/C13H23O2/c1-4-15-13(14)12-7-5-6-11(9-12)8-10(2)3/h11-12H,4-9H2,1-3H3. The SMILES string of the molecule is CCOC(=O)C1CCCC(C[C](C)C)C1. The lowest BCUT2D eigenvalue weighted by atomic mass is 9.78. The summed E-state index contributed by atoms with van der Waals surface area (Å²) in [6.45, 7) is 6.74. The molecular weight excluding hydrogens is 188 g/mol. The van der Waals surface area contributed by atoms with Crippen LogP contribution in [-0.4, -0.2) is 12.6 Å². The zero-order valence-electron chi connectivity index (χ0n) is 10.2. The van der Waals surface area contributed by atoms with Crippen molar-refractivity contribution in [1.82, 2.24) is 0 Å². The summed E-state index contributed by atoms with van der Waals surface area (Å²) in [6.07, 6.45) is 5.69. The molecule has 0 aromatic heterocycles. The Morgan fingerprint density at radius 2 is 2.07 bits per heavy atom. The molecule has 2 nitrogen and oxygen atoms in total. The fourth-order valence-electron chi connectivity index (χ4n) is 2.53. The van der Waals surface area contributed by atoms with Gasteiger partial charge in [-0.05, 0) is 38.0 Å². The highest BCUT2D eigenvalue weighted by molar-refractivity contribution is 5.72. The molecule has 1 aliphatic rings. The lowest BCUT2D eigenvalue weighted by Crippen LogP contribution is -2.25. The smallest absolute Gasteiger partial charge is 0.308 e. The fraction of sp³-hybridized carbons (Fsp3) is 0.846. The Morgan fingerprint density at radius 3 is 2.67 bits per heavy atom. The van der Waals surface area contributed by atoms with Gasteiger partial charge in [-0.2, -0.15) is 0 Å². The van der Waals surface area contributed by atoms with Gasteiger partial charge in [-0.15, -0.1) is 0 Å². The van der Waals surface area contributed by atoms with E-state index in [4.69, 9.17) is 4.74 Å². The first kappa shape index (κ1) is 12.5. The highest BCUT2D eigenvalue weighted by Crippen LogP contribution is 2.33. The number of rotatable bonds is 4. The number of carbonyl (C=O) groups excluding carboxylic acids is 1. The molecule has 2 heteroatoms. The van der Waals surface area contributed by atoms with Crippen LogP contribution >= 0.6 is 0 Å². The first-order chi connectivity index (χ1) is 7.13. The molecule has 1 fully saturated rings. The number of carbonyl (C=O) groups is 1. The quantitative estimate of drug-likeness (QED) is 0.666. The molecule has 0 aliphatic heterocycles. The van der Waals surface area contributed by atoms with Gasteiger partial charge in [-0.25, -0.2) is 0 Å². The van der Waals surface area contributed by atoms with Crippen LogP contribution in [0.1, 0.15) is 52.9 Å². The van der Waals surface area contributed by atoms with Gasteiger partial charge in [-0.1, -0.05) is 26.7 Å². The summed E-state index contributed by atoms with van der Waals surface area (Å²) < 4.78 is 5.09. The predicted molar refractivity (Wildman–Crippen MR) is 61.3 cm³/mol. The molecule has 0 spiro atoms. The topological polar surface area (TPSA) is 26.3 Å². The van der Waals surface area contributed by atoms with Crippen LogP contribution in [0.5, 0.6) is 0 Å². The van der Waals surface area contributed by atoms with Crippen molar-refractivity contribution in [2.75, 3.05) is 6.61 Å². The van der Waals surface area contributed by atoms with Crippen molar-refractivity contribution >= 4 is 5.97 Å². The maximum atomic E-state index is 11.6. The molecule has 1 rings (SSSR count). The Kier molecular flexibility index (Phi) is 5.13. The van der Waals surface area contributed by atoms with Gasteiger partial charge in [0.15, 0.2) is 0 Å². The van der Waals surface area contributed by atoms with Gasteiger partial charge in [0.2, 0.25) is 0 Å². The van der Waals surface area contributed by atoms with Crippen LogP contribution in [0.2, 0.25) is 0 Å². The second kappa shape index (κ2) is 6.14. The molecule has 0 N–H and O–H groups in total. The van der Waals surface area contributed by atoms with Crippen molar-refractivity contribution in [2.24, 2.45) is 11.8 Å². The molecule has 2 atom stereocenters. The second-order valence-electron chi connectivity index (χ2n) is 4.89. The Morgan fingerprint density at radius 1 is 1.33 bits per heavy atom. The molecule has 0 aromatic rings. The van der Waals surface area contributed by atoms with E-state index in [9.17, 15) is 4.79 Å². The van der Waals surface area contributed by atoms with Crippen molar-refractivity contribution in [3.05, 3.63) is 5.92 Å². The van der Waals surface area contributed by atoms with Crippen molar-refractivity contribution in [2.45, 2.75) is 52.9 Å². The third-order valence-corrected chi connectivity index (χ3v) is 3.10. The molecule has 87 valence electrons. The predicted octanol–water partition coefficient (Wildman–Crippen LogP) is 3.36. The van der Waals surface area contributed by atoms with E-state index in [1.807, 2.05) is 6.92 Å². The Bertz CT molecular complexity index is 199. The molecule has 1 saturated carbocycles. The van der Waals surface area contributed by atoms with Crippen molar-refractivity contribution in [3.8, 4) is 0 Å². The summed E-state index contributed by atoms with van der Waals surface area (Å²) in [4.78, 5) is 11.6. The zero-order valence-corrected chi connectivity index (χ0v) is 10.2.